The Balaban J connectivity index is 6.41. The fourth-order valence-corrected chi connectivity index (χ4v) is 2.09. The van der Waals surface area contributed by atoms with Crippen LogP contribution in [0.1, 0.15) is 0 Å². The molecule has 1 N–H and O–H groups in total. The molecular weight excluding hydrogens is 606 g/mol. The van der Waals surface area contributed by atoms with Gasteiger partial charge in [0.1, 0.15) is 0 Å². The molecule has 0 heterocycles. The van der Waals surface area contributed by atoms with Crippen LogP contribution in [-0.4, -0.2) is 92.6 Å². The molecule has 2 unspecified atom stereocenters. The average molecular weight is 615 g/mol. The van der Waals surface area contributed by atoms with Crippen molar-refractivity contribution in [1.29, 1.82) is 0 Å². The lowest BCUT2D eigenvalue weighted by Gasteiger charge is -2.37. The van der Waals surface area contributed by atoms with E-state index in [0.717, 1.165) is 0 Å². The van der Waals surface area contributed by atoms with Gasteiger partial charge in [0.15, 0.2) is 0 Å². The van der Waals surface area contributed by atoms with Crippen molar-refractivity contribution >= 4 is 16.3 Å². The second-order valence-electron chi connectivity index (χ2n) is 6.36. The maximum absolute atomic E-state index is 14.3. The number of carbonyl (C=O) groups excluding carboxylic acids is 1. The van der Waals surface area contributed by atoms with Gasteiger partial charge in [0.2, 0.25) is 6.10 Å². The summed E-state index contributed by atoms with van der Waals surface area (Å²) in [6.45, 7) is -3.15. The molecular formula is C12H9F16NO7S. The highest BCUT2D eigenvalue weighted by Gasteiger charge is 2.79. The number of alkyl halides is 16. The molecule has 0 aliphatic carbocycles. The third-order valence-electron chi connectivity index (χ3n) is 3.51. The van der Waals surface area contributed by atoms with E-state index in [2.05, 4.69) is 8.92 Å². The van der Waals surface area contributed by atoms with E-state index in [9.17, 15) is 83.5 Å². The number of amides is 1. The third kappa shape index (κ3) is 8.31. The molecule has 1 amide bonds. The maximum Gasteiger partial charge on any atom is 0.462 e. The maximum atomic E-state index is 14.3. The summed E-state index contributed by atoms with van der Waals surface area (Å²) in [6, 6.07) is 0. The molecule has 0 bridgehead atoms. The van der Waals surface area contributed by atoms with Crippen LogP contribution in [0.4, 0.5) is 70.2 Å². The molecule has 2 atom stereocenters. The molecule has 0 aliphatic rings. The minimum absolute atomic E-state index is 0.00698. The van der Waals surface area contributed by atoms with E-state index in [1.54, 1.807) is 4.74 Å². The largest absolute Gasteiger partial charge is 0.462 e. The van der Waals surface area contributed by atoms with Crippen molar-refractivity contribution in [1.82, 2.24) is 4.90 Å². The summed E-state index contributed by atoms with van der Waals surface area (Å²) in [6.07, 6.45) is -43.0. The van der Waals surface area contributed by atoms with Crippen molar-refractivity contribution in [2.75, 3.05) is 20.2 Å². The van der Waals surface area contributed by atoms with Crippen LogP contribution in [0.2, 0.25) is 0 Å². The fraction of sp³-hybridized carbons (Fsp3) is 0.917. The second-order valence-corrected chi connectivity index (χ2v) is 7.45. The topological polar surface area (TPSA) is 102 Å². The van der Waals surface area contributed by atoms with Gasteiger partial charge < -0.3 is 4.90 Å². The number of ether oxygens (including phenoxy) is 2. The number of hydrogen-bond acceptors (Lipinski definition) is 6. The Kier molecular flexibility index (Phi) is 9.85. The van der Waals surface area contributed by atoms with Crippen LogP contribution in [0.25, 0.3) is 0 Å². The molecule has 0 fully saturated rings. The highest BCUT2D eigenvalue weighted by molar-refractivity contribution is 7.80. The number of halogens is 16. The van der Waals surface area contributed by atoms with E-state index in [1.807, 2.05) is 0 Å². The SMILES string of the molecule is CN(CCOS(=O)(=O)O)C(=O)C(F)(OC(F)(F)C(OC(F)(F)C(F)(F)C(F)(F)F)C(F)(F)F)C(F)(F)F. The number of hydrogen-bond donors (Lipinski definition) is 1. The van der Waals surface area contributed by atoms with Crippen LogP contribution >= 0.6 is 0 Å². The first kappa shape index (κ1) is 35.1. The number of likely N-dealkylation sites (N-methyl/N-ethyl adjacent to an activating group) is 1. The van der Waals surface area contributed by atoms with Gasteiger partial charge in [0.05, 0.1) is 6.61 Å². The van der Waals surface area contributed by atoms with E-state index < -0.39 is 83.0 Å². The predicted molar refractivity (Wildman–Crippen MR) is 77.9 cm³/mol. The van der Waals surface area contributed by atoms with Crippen molar-refractivity contribution in [3.8, 4) is 0 Å². The normalized spacial score (nSPS) is 17.4. The van der Waals surface area contributed by atoms with Crippen LogP contribution < -0.4 is 0 Å². The molecule has 222 valence electrons. The Morgan fingerprint density at radius 1 is 0.838 bits per heavy atom. The van der Waals surface area contributed by atoms with Crippen molar-refractivity contribution in [2.24, 2.45) is 0 Å². The molecule has 0 radical (unpaired) electrons. The minimum atomic E-state index is -7.68. The standard InChI is InChI=1S/C12H9F16NO7S/c1-29(2-3-34-37(31,32)33)5(30)6(13,10(21,22)23)36-8(17,18)4(7(14,15)16)35-12(27,28)9(19,20)11(24,25)26/h4H,2-3H2,1H3,(H,31,32,33). The molecule has 8 nitrogen and oxygen atoms in total. The van der Waals surface area contributed by atoms with Crippen molar-refractivity contribution < 1.29 is 102 Å². The van der Waals surface area contributed by atoms with Gasteiger partial charge in [-0.2, -0.15) is 78.7 Å². The number of carbonyl (C=O) groups is 1. The molecule has 37 heavy (non-hydrogen) atoms. The summed E-state index contributed by atoms with van der Waals surface area (Å²) in [4.78, 5) is 10.9. The van der Waals surface area contributed by atoms with E-state index >= 15 is 0 Å². The number of nitrogens with zero attached hydrogens (tertiary/aromatic N) is 1. The Morgan fingerprint density at radius 2 is 1.27 bits per heavy atom. The van der Waals surface area contributed by atoms with Gasteiger partial charge in [-0.15, -0.1) is 0 Å². The summed E-state index contributed by atoms with van der Waals surface area (Å²) in [5.74, 6) is -17.9. The van der Waals surface area contributed by atoms with Crippen LogP contribution in [0.5, 0.6) is 0 Å². The first-order valence-corrected chi connectivity index (χ1v) is 9.48. The molecule has 25 heteroatoms. The molecule has 0 aliphatic heterocycles. The van der Waals surface area contributed by atoms with Crippen LogP contribution in [0, 0.1) is 0 Å². The summed E-state index contributed by atoms with van der Waals surface area (Å²) in [7, 11) is -5.36. The Morgan fingerprint density at radius 3 is 1.59 bits per heavy atom. The van der Waals surface area contributed by atoms with Crippen LogP contribution in [0.3, 0.4) is 0 Å². The lowest BCUT2D eigenvalue weighted by atomic mass is 10.2. The van der Waals surface area contributed by atoms with Gasteiger partial charge in [0, 0.05) is 13.6 Å². The van der Waals surface area contributed by atoms with Gasteiger partial charge in [-0.1, -0.05) is 0 Å². The quantitative estimate of drug-likeness (QED) is 0.279. The molecule has 0 aromatic rings. The molecule has 0 rings (SSSR count). The number of rotatable bonds is 11. The average Bonchev–Trinajstić information content (AvgIpc) is 2.60. The summed E-state index contributed by atoms with van der Waals surface area (Å²) in [5.41, 5.74) is 0. The zero-order chi connectivity index (χ0) is 30.3. The molecule has 0 saturated heterocycles. The summed E-state index contributed by atoms with van der Waals surface area (Å²) < 4.78 is 244. The molecule has 0 aromatic heterocycles. The smallest absolute Gasteiger partial charge is 0.338 e. The van der Waals surface area contributed by atoms with E-state index in [-0.39, 0.29) is 7.05 Å². The van der Waals surface area contributed by atoms with Crippen LogP contribution in [-0.2, 0) is 28.9 Å². The molecule has 0 aromatic carbocycles. The Labute approximate surface area is 193 Å². The van der Waals surface area contributed by atoms with Gasteiger partial charge in [-0.3, -0.25) is 18.8 Å². The molecule has 0 spiro atoms. The predicted octanol–water partition coefficient (Wildman–Crippen LogP) is 3.84. The van der Waals surface area contributed by atoms with Crippen molar-refractivity contribution in [3.05, 3.63) is 0 Å². The van der Waals surface area contributed by atoms with Crippen LogP contribution in [0.15, 0.2) is 0 Å². The lowest BCUT2D eigenvalue weighted by molar-refractivity contribution is -0.491. The van der Waals surface area contributed by atoms with E-state index in [1.165, 1.54) is 0 Å². The highest BCUT2D eigenvalue weighted by Crippen LogP contribution is 2.51. The first-order chi connectivity index (χ1) is 15.8. The highest BCUT2D eigenvalue weighted by atomic mass is 32.3. The monoisotopic (exact) mass is 615 g/mol. The van der Waals surface area contributed by atoms with Gasteiger partial charge in [-0.05, 0) is 0 Å². The zero-order valence-electron chi connectivity index (χ0n) is 16.8. The zero-order valence-corrected chi connectivity index (χ0v) is 17.6. The molecule has 0 saturated carbocycles. The minimum Gasteiger partial charge on any atom is -0.338 e. The summed E-state index contributed by atoms with van der Waals surface area (Å²) >= 11 is 0. The fourth-order valence-electron chi connectivity index (χ4n) is 1.80. The lowest BCUT2D eigenvalue weighted by Crippen LogP contribution is -2.64. The van der Waals surface area contributed by atoms with Crippen molar-refractivity contribution in [3.63, 3.8) is 0 Å². The van der Waals surface area contributed by atoms with Gasteiger partial charge in [-0.25, -0.2) is 4.18 Å². The summed E-state index contributed by atoms with van der Waals surface area (Å²) in [5, 5.41) is 0. The Hall–Kier alpha value is -1.86. The van der Waals surface area contributed by atoms with E-state index in [0.29, 0.717) is 0 Å². The van der Waals surface area contributed by atoms with Gasteiger partial charge >= 0.3 is 52.9 Å². The Bertz CT molecular complexity index is 915. The van der Waals surface area contributed by atoms with Gasteiger partial charge in [0.25, 0.3) is 5.91 Å². The third-order valence-corrected chi connectivity index (χ3v) is 3.98. The first-order valence-electron chi connectivity index (χ1n) is 8.11. The van der Waals surface area contributed by atoms with Crippen molar-refractivity contribution in [2.45, 2.75) is 48.6 Å². The second kappa shape index (κ2) is 10.4. The van der Waals surface area contributed by atoms with E-state index in [4.69, 9.17) is 4.55 Å².